The highest BCUT2D eigenvalue weighted by atomic mass is 32.1. The third-order valence-corrected chi connectivity index (χ3v) is 3.41. The topological polar surface area (TPSA) is 120 Å². The number of carbonyl (C=O) groups excluding carboxylic acids is 3. The van der Waals surface area contributed by atoms with Crippen LogP contribution in [0.3, 0.4) is 0 Å². The monoisotopic (exact) mass is 352 g/mol. The van der Waals surface area contributed by atoms with Crippen LogP contribution >= 0.6 is 25.3 Å². The molecule has 0 saturated carbocycles. The van der Waals surface area contributed by atoms with Gasteiger partial charge in [0.2, 0.25) is 17.7 Å². The number of amides is 3. The van der Waals surface area contributed by atoms with Crippen LogP contribution in [-0.4, -0.2) is 72.7 Å². The third-order valence-electron chi connectivity index (χ3n) is 2.75. The normalized spacial score (nSPS) is 14.6. The maximum atomic E-state index is 11.9. The maximum Gasteiger partial charge on any atom is 0.243 e. The Morgan fingerprint density at radius 1 is 1.23 bits per heavy atom. The SMILES string of the molecule is CNC(=O)C(NC(=O)CNC(CS)C(=O)NCCO)C(C)S. The van der Waals surface area contributed by atoms with Crippen molar-refractivity contribution >= 4 is 43.0 Å². The smallest absolute Gasteiger partial charge is 0.243 e. The van der Waals surface area contributed by atoms with E-state index in [0.29, 0.717) is 0 Å². The first kappa shape index (κ1) is 21.0. The number of rotatable bonds is 10. The van der Waals surface area contributed by atoms with E-state index in [-0.39, 0.29) is 42.5 Å². The number of hydrogen-bond donors (Lipinski definition) is 7. The summed E-state index contributed by atoms with van der Waals surface area (Å²) in [7, 11) is 1.47. The molecule has 0 bridgehead atoms. The molecule has 0 saturated heterocycles. The molecule has 0 aliphatic rings. The highest BCUT2D eigenvalue weighted by Crippen LogP contribution is 2.01. The Hall–Kier alpha value is -0.970. The number of likely N-dealkylation sites (N-methyl/N-ethyl adjacent to an activating group) is 1. The average molecular weight is 352 g/mol. The van der Waals surface area contributed by atoms with E-state index >= 15 is 0 Å². The number of carbonyl (C=O) groups is 3. The molecule has 3 atom stereocenters. The second kappa shape index (κ2) is 11.6. The molecule has 5 N–H and O–H groups in total. The van der Waals surface area contributed by atoms with Gasteiger partial charge in [0, 0.05) is 24.6 Å². The van der Waals surface area contributed by atoms with Gasteiger partial charge in [-0.05, 0) is 0 Å². The van der Waals surface area contributed by atoms with Gasteiger partial charge in [-0.1, -0.05) is 6.92 Å². The summed E-state index contributed by atoms with van der Waals surface area (Å²) in [5.41, 5.74) is 0. The summed E-state index contributed by atoms with van der Waals surface area (Å²) in [4.78, 5) is 35.2. The van der Waals surface area contributed by atoms with E-state index in [0.717, 1.165) is 0 Å². The van der Waals surface area contributed by atoms with E-state index < -0.39 is 18.0 Å². The summed E-state index contributed by atoms with van der Waals surface area (Å²) in [5, 5.41) is 18.5. The fourth-order valence-electron chi connectivity index (χ4n) is 1.54. The molecular formula is C12H24N4O4S2. The first-order valence-corrected chi connectivity index (χ1v) is 7.94. The molecule has 3 amide bonds. The minimum atomic E-state index is -0.764. The average Bonchev–Trinajstić information content (AvgIpc) is 2.49. The van der Waals surface area contributed by atoms with Crippen molar-refractivity contribution in [3.8, 4) is 0 Å². The van der Waals surface area contributed by atoms with Crippen LogP contribution in [0.1, 0.15) is 6.92 Å². The number of hydrogen-bond acceptors (Lipinski definition) is 7. The first-order chi connectivity index (χ1) is 10.4. The van der Waals surface area contributed by atoms with Crippen LogP contribution in [0.25, 0.3) is 0 Å². The van der Waals surface area contributed by atoms with Gasteiger partial charge < -0.3 is 21.1 Å². The van der Waals surface area contributed by atoms with E-state index in [1.807, 2.05) is 0 Å². The zero-order chi connectivity index (χ0) is 17.1. The Labute approximate surface area is 141 Å². The van der Waals surface area contributed by atoms with Gasteiger partial charge >= 0.3 is 0 Å². The molecule has 0 radical (unpaired) electrons. The van der Waals surface area contributed by atoms with Crippen LogP contribution in [0.2, 0.25) is 0 Å². The summed E-state index contributed by atoms with van der Waals surface area (Å²) >= 11 is 8.20. The highest BCUT2D eigenvalue weighted by molar-refractivity contribution is 7.81. The Kier molecular flexibility index (Phi) is 11.1. The van der Waals surface area contributed by atoms with E-state index in [2.05, 4.69) is 46.5 Å². The molecule has 0 aromatic heterocycles. The molecule has 0 rings (SSSR count). The molecule has 8 nitrogen and oxygen atoms in total. The minimum absolute atomic E-state index is 0.132. The van der Waals surface area contributed by atoms with Crippen LogP contribution in [0.15, 0.2) is 0 Å². The van der Waals surface area contributed by atoms with Gasteiger partial charge in [0.25, 0.3) is 0 Å². The fraction of sp³-hybridized carbons (Fsp3) is 0.750. The quantitative estimate of drug-likeness (QED) is 0.220. The second-order valence-corrected chi connectivity index (χ2v) is 5.71. The lowest BCUT2D eigenvalue weighted by Crippen LogP contribution is -2.54. The van der Waals surface area contributed by atoms with Crippen molar-refractivity contribution in [2.75, 3.05) is 32.5 Å². The van der Waals surface area contributed by atoms with Crippen molar-refractivity contribution in [3.63, 3.8) is 0 Å². The number of aliphatic hydroxyl groups excluding tert-OH is 1. The zero-order valence-electron chi connectivity index (χ0n) is 12.6. The molecule has 0 heterocycles. The van der Waals surface area contributed by atoms with Crippen LogP contribution < -0.4 is 21.3 Å². The maximum absolute atomic E-state index is 11.9. The fourth-order valence-corrected chi connectivity index (χ4v) is 2.05. The van der Waals surface area contributed by atoms with Crippen LogP contribution in [-0.2, 0) is 14.4 Å². The van der Waals surface area contributed by atoms with Gasteiger partial charge in [0.05, 0.1) is 19.2 Å². The predicted octanol–water partition coefficient (Wildman–Crippen LogP) is -2.47. The Bertz CT molecular complexity index is 382. The van der Waals surface area contributed by atoms with Gasteiger partial charge in [-0.15, -0.1) is 0 Å². The highest BCUT2D eigenvalue weighted by Gasteiger charge is 2.24. The Morgan fingerprint density at radius 3 is 2.32 bits per heavy atom. The van der Waals surface area contributed by atoms with Crippen LogP contribution in [0.5, 0.6) is 0 Å². The molecule has 128 valence electrons. The van der Waals surface area contributed by atoms with Gasteiger partial charge in [0.1, 0.15) is 6.04 Å². The van der Waals surface area contributed by atoms with E-state index in [4.69, 9.17) is 5.11 Å². The molecule has 0 aromatic carbocycles. The molecule has 0 aromatic rings. The number of nitrogens with one attached hydrogen (secondary N) is 4. The van der Waals surface area contributed by atoms with Crippen molar-refractivity contribution in [1.29, 1.82) is 0 Å². The Balaban J connectivity index is 4.40. The van der Waals surface area contributed by atoms with E-state index in [9.17, 15) is 14.4 Å². The van der Waals surface area contributed by atoms with Gasteiger partial charge in [-0.2, -0.15) is 25.3 Å². The van der Waals surface area contributed by atoms with Crippen molar-refractivity contribution in [3.05, 3.63) is 0 Å². The summed E-state index contributed by atoms with van der Waals surface area (Å²) in [5.74, 6) is -0.951. The number of thiol groups is 2. The first-order valence-electron chi connectivity index (χ1n) is 6.79. The van der Waals surface area contributed by atoms with Gasteiger partial charge in [0.15, 0.2) is 0 Å². The summed E-state index contributed by atoms with van der Waals surface area (Å²) in [6.07, 6.45) is 0. The van der Waals surface area contributed by atoms with E-state index in [1.54, 1.807) is 6.92 Å². The van der Waals surface area contributed by atoms with E-state index in [1.165, 1.54) is 7.05 Å². The van der Waals surface area contributed by atoms with Gasteiger partial charge in [-0.3, -0.25) is 19.7 Å². The van der Waals surface area contributed by atoms with Crippen LogP contribution in [0, 0.1) is 0 Å². The molecule has 0 aliphatic heterocycles. The van der Waals surface area contributed by atoms with Crippen molar-refractivity contribution in [2.45, 2.75) is 24.3 Å². The molecule has 0 aliphatic carbocycles. The molecular weight excluding hydrogens is 328 g/mol. The lowest BCUT2D eigenvalue weighted by atomic mass is 10.2. The molecule has 0 fully saturated rings. The lowest BCUT2D eigenvalue weighted by Gasteiger charge is -2.21. The molecule has 10 heteroatoms. The summed E-state index contributed by atoms with van der Waals surface area (Å²) in [6.45, 7) is 1.51. The van der Waals surface area contributed by atoms with Crippen molar-refractivity contribution in [1.82, 2.24) is 21.3 Å². The Morgan fingerprint density at radius 2 is 1.86 bits per heavy atom. The lowest BCUT2D eigenvalue weighted by molar-refractivity contribution is -0.128. The molecule has 0 spiro atoms. The third kappa shape index (κ3) is 7.87. The van der Waals surface area contributed by atoms with Crippen molar-refractivity contribution in [2.24, 2.45) is 0 Å². The molecule has 3 unspecified atom stereocenters. The number of aliphatic hydroxyl groups is 1. The largest absolute Gasteiger partial charge is 0.395 e. The van der Waals surface area contributed by atoms with Gasteiger partial charge in [-0.25, -0.2) is 0 Å². The standard InChI is InChI=1S/C12H24N4O4S2/c1-7(22)10(12(20)13-2)16-9(18)5-15-8(6-21)11(19)14-3-4-17/h7-8,10,15,17,21-22H,3-6H2,1-2H3,(H,13,20)(H,14,19)(H,16,18). The zero-order valence-corrected chi connectivity index (χ0v) is 14.4. The van der Waals surface area contributed by atoms with Crippen molar-refractivity contribution < 1.29 is 19.5 Å². The molecule has 22 heavy (non-hydrogen) atoms. The van der Waals surface area contributed by atoms with Crippen LogP contribution in [0.4, 0.5) is 0 Å². The summed E-state index contributed by atoms with van der Waals surface area (Å²) in [6, 6.07) is -1.44. The predicted molar refractivity (Wildman–Crippen MR) is 90.2 cm³/mol. The summed E-state index contributed by atoms with van der Waals surface area (Å²) < 4.78 is 0. The minimum Gasteiger partial charge on any atom is -0.395 e. The second-order valence-electron chi connectivity index (χ2n) is 4.53.